The zero-order chi connectivity index (χ0) is 36.1. The summed E-state index contributed by atoms with van der Waals surface area (Å²) in [5, 5.41) is 0. The summed E-state index contributed by atoms with van der Waals surface area (Å²) < 4.78 is 25.4. The van der Waals surface area contributed by atoms with Gasteiger partial charge in [-0.1, -0.05) is 48.5 Å². The second-order valence-electron chi connectivity index (χ2n) is 17.2. The van der Waals surface area contributed by atoms with Crippen LogP contribution < -0.4 is 10.9 Å². The highest BCUT2D eigenvalue weighted by Crippen LogP contribution is 2.38. The van der Waals surface area contributed by atoms with Crippen molar-refractivity contribution >= 4 is 30.9 Å². The average Bonchev–Trinajstić information content (AvgIpc) is 3.43. The van der Waals surface area contributed by atoms with Gasteiger partial charge in [-0.3, -0.25) is 14.6 Å². The molecule has 0 aliphatic carbocycles. The maximum absolute atomic E-state index is 15.2. The Morgan fingerprint density at radius 1 is 0.540 bits per heavy atom. The number of nitrogens with zero attached hydrogens (tertiary/aromatic N) is 4. The molecule has 0 aromatic heterocycles. The Balaban J connectivity index is 1.29. The first-order valence-electron chi connectivity index (χ1n) is 18.7. The van der Waals surface area contributed by atoms with Crippen molar-refractivity contribution in [3.05, 3.63) is 59.7 Å². The Morgan fingerprint density at radius 3 is 1.10 bits per heavy atom. The molecule has 0 amide bonds. The minimum absolute atomic E-state index is 0.272. The number of rotatable bonds is 10. The molecule has 11 heteroatoms. The van der Waals surface area contributed by atoms with Gasteiger partial charge in [-0.15, -0.1) is 0 Å². The Kier molecular flexibility index (Phi) is 10.8. The molecule has 2 aromatic carbocycles. The summed E-state index contributed by atoms with van der Waals surface area (Å²) in [7, 11) is 3.48. The largest absolute Gasteiger partial charge is 0.494 e. The summed E-state index contributed by atoms with van der Waals surface area (Å²) in [6, 6.07) is 16.9. The third kappa shape index (κ3) is 7.96. The monoisotopic (exact) mass is 686 g/mol. The maximum Gasteiger partial charge on any atom is 0.494 e. The minimum atomic E-state index is -0.437. The number of benzene rings is 2. The first-order valence-corrected chi connectivity index (χ1v) is 18.7. The van der Waals surface area contributed by atoms with E-state index in [1.54, 1.807) is 0 Å². The fourth-order valence-corrected chi connectivity index (χ4v) is 7.27. The van der Waals surface area contributed by atoms with Crippen LogP contribution in [0.25, 0.3) is 0 Å². The first-order chi connectivity index (χ1) is 23.4. The number of likely N-dealkylation sites (N-methyl/N-ethyl adjacent to an activating group) is 2. The van der Waals surface area contributed by atoms with Crippen LogP contribution in [-0.2, 0) is 23.4 Å². The van der Waals surface area contributed by atoms with Crippen molar-refractivity contribution in [2.24, 2.45) is 0 Å². The second-order valence-corrected chi connectivity index (χ2v) is 17.2. The third-order valence-corrected chi connectivity index (χ3v) is 12.5. The van der Waals surface area contributed by atoms with Gasteiger partial charge in [-0.25, -0.2) is 0 Å². The van der Waals surface area contributed by atoms with Crippen molar-refractivity contribution in [2.45, 2.75) is 89.6 Å². The highest BCUT2D eigenvalue weighted by molar-refractivity contribution is 6.62. The molecule has 2 aromatic rings. The number of carbonyl (C=O) groups excluding carboxylic acids is 1. The van der Waals surface area contributed by atoms with Gasteiger partial charge in [0.05, 0.1) is 34.2 Å². The molecular formula is C39H60B2N4O5. The molecule has 50 heavy (non-hydrogen) atoms. The number of Topliss-reactive ketones (excluding diaryl/α,β-unsaturated/α-hetero) is 1. The van der Waals surface area contributed by atoms with Gasteiger partial charge in [0.2, 0.25) is 0 Å². The molecular weight excluding hydrogens is 626 g/mol. The molecule has 0 spiro atoms. The fourth-order valence-electron chi connectivity index (χ4n) is 7.27. The molecule has 6 rings (SSSR count). The van der Waals surface area contributed by atoms with E-state index in [-0.39, 0.29) is 17.6 Å². The normalized spacial score (nSPS) is 25.6. The lowest BCUT2D eigenvalue weighted by Crippen LogP contribution is -2.48. The van der Waals surface area contributed by atoms with Gasteiger partial charge in [0.25, 0.3) is 0 Å². The van der Waals surface area contributed by atoms with Crippen LogP contribution in [-0.4, -0.2) is 142 Å². The fraction of sp³-hybridized carbons (Fsp3) is 0.667. The van der Waals surface area contributed by atoms with Gasteiger partial charge in [-0.05, 0) is 91.5 Å². The molecule has 4 saturated heterocycles. The SMILES string of the molecule is CN1CCN(CC(C(=O)C(CN2CCN(C)CC2)c2ccc(B3OC(C)(C)C(C)(C)O3)cc2)c2ccc(B3OC(C)(C)C(C)(C)O3)cc2)CC1. The van der Waals surface area contributed by atoms with Crippen LogP contribution >= 0.6 is 0 Å². The second kappa shape index (κ2) is 14.4. The number of piperazine rings is 2. The number of carbonyl (C=O) groups is 1. The molecule has 2 unspecified atom stereocenters. The lowest BCUT2D eigenvalue weighted by atomic mass is 9.76. The standard InChI is InChI=1S/C39H60B2N4O5/c1-36(2)37(3,4)48-40(47-36)31-15-11-29(12-16-31)33(27-44-23-19-42(9)20-24-44)35(46)34(28-45-25-21-43(10)22-26-45)30-13-17-32(18-14-30)41-49-38(5,6)39(7,8)50-41/h11-18,33-34H,19-28H2,1-10H3. The Labute approximate surface area is 302 Å². The maximum atomic E-state index is 15.2. The average molecular weight is 687 g/mol. The van der Waals surface area contributed by atoms with E-state index >= 15 is 4.79 Å². The predicted octanol–water partition coefficient (Wildman–Crippen LogP) is 3.22. The van der Waals surface area contributed by atoms with E-state index in [2.05, 4.69) is 138 Å². The third-order valence-electron chi connectivity index (χ3n) is 12.5. The molecule has 0 bridgehead atoms. The van der Waals surface area contributed by atoms with Crippen LogP contribution in [0.1, 0.15) is 78.4 Å². The summed E-state index contributed by atoms with van der Waals surface area (Å²) in [6.07, 6.45) is 0. The molecule has 4 fully saturated rings. The lowest BCUT2D eigenvalue weighted by Gasteiger charge is -2.37. The van der Waals surface area contributed by atoms with E-state index in [1.165, 1.54) is 0 Å². The van der Waals surface area contributed by atoms with E-state index < -0.39 is 36.6 Å². The molecule has 9 nitrogen and oxygen atoms in total. The molecule has 2 atom stereocenters. The molecule has 0 saturated carbocycles. The van der Waals surface area contributed by atoms with Gasteiger partial charge >= 0.3 is 14.2 Å². The summed E-state index contributed by atoms with van der Waals surface area (Å²) in [6.45, 7) is 25.9. The Morgan fingerprint density at radius 2 is 0.820 bits per heavy atom. The van der Waals surface area contributed by atoms with Crippen LogP contribution in [0, 0.1) is 0 Å². The van der Waals surface area contributed by atoms with Gasteiger partial charge < -0.3 is 28.4 Å². The van der Waals surface area contributed by atoms with Crippen LogP contribution in [0.5, 0.6) is 0 Å². The van der Waals surface area contributed by atoms with E-state index in [1.807, 2.05) is 0 Å². The summed E-state index contributed by atoms with van der Waals surface area (Å²) >= 11 is 0. The minimum Gasteiger partial charge on any atom is -0.399 e. The number of hydrogen-bond donors (Lipinski definition) is 0. The van der Waals surface area contributed by atoms with E-state index in [0.717, 1.165) is 74.4 Å². The van der Waals surface area contributed by atoms with E-state index in [0.29, 0.717) is 13.1 Å². The number of hydrogen-bond acceptors (Lipinski definition) is 9. The lowest BCUT2D eigenvalue weighted by molar-refractivity contribution is -0.123. The summed E-state index contributed by atoms with van der Waals surface area (Å²) in [5.41, 5.74) is 2.40. The number of ketones is 1. The summed E-state index contributed by atoms with van der Waals surface area (Å²) in [5.74, 6) is -0.272. The highest BCUT2D eigenvalue weighted by Gasteiger charge is 2.53. The molecule has 0 radical (unpaired) electrons. The zero-order valence-corrected chi connectivity index (χ0v) is 32.3. The zero-order valence-electron chi connectivity index (χ0n) is 32.3. The van der Waals surface area contributed by atoms with E-state index in [9.17, 15) is 0 Å². The first kappa shape index (κ1) is 37.7. The van der Waals surface area contributed by atoms with Crippen LogP contribution in [0.4, 0.5) is 0 Å². The van der Waals surface area contributed by atoms with Crippen molar-refractivity contribution in [3.8, 4) is 0 Å². The van der Waals surface area contributed by atoms with Crippen molar-refractivity contribution in [3.63, 3.8) is 0 Å². The van der Waals surface area contributed by atoms with Gasteiger partial charge in [-0.2, -0.15) is 0 Å². The Bertz CT molecular complexity index is 1330. The van der Waals surface area contributed by atoms with Gasteiger partial charge in [0.15, 0.2) is 0 Å². The Hall–Kier alpha value is -2.08. The summed E-state index contributed by atoms with van der Waals surface area (Å²) in [4.78, 5) is 24.8. The molecule has 4 heterocycles. The predicted molar refractivity (Wildman–Crippen MR) is 203 cm³/mol. The molecule has 4 aliphatic heterocycles. The molecule has 0 N–H and O–H groups in total. The van der Waals surface area contributed by atoms with E-state index in [4.69, 9.17) is 18.6 Å². The van der Waals surface area contributed by atoms with Crippen LogP contribution in [0.2, 0.25) is 0 Å². The molecule has 272 valence electrons. The highest BCUT2D eigenvalue weighted by atomic mass is 16.7. The molecule has 4 aliphatic rings. The van der Waals surface area contributed by atoms with Crippen LogP contribution in [0.3, 0.4) is 0 Å². The van der Waals surface area contributed by atoms with Crippen molar-refractivity contribution in [1.82, 2.24) is 19.6 Å². The quantitative estimate of drug-likeness (QED) is 0.351. The van der Waals surface area contributed by atoms with Crippen molar-refractivity contribution in [1.29, 1.82) is 0 Å². The van der Waals surface area contributed by atoms with Gasteiger partial charge in [0.1, 0.15) is 5.78 Å². The topological polar surface area (TPSA) is 67.0 Å². The van der Waals surface area contributed by atoms with Crippen LogP contribution in [0.15, 0.2) is 48.5 Å². The smallest absolute Gasteiger partial charge is 0.399 e. The van der Waals surface area contributed by atoms with Crippen molar-refractivity contribution in [2.75, 3.05) is 79.5 Å². The van der Waals surface area contributed by atoms with Crippen molar-refractivity contribution < 1.29 is 23.4 Å². The van der Waals surface area contributed by atoms with Gasteiger partial charge in [0, 0.05) is 65.4 Å².